The number of alkyl halides is 3. The number of phenols is 2. The number of halogens is 4. The summed E-state index contributed by atoms with van der Waals surface area (Å²) in [5.41, 5.74) is -2.37. The number of fused-ring (bicyclic) bond motifs is 1. The van der Waals surface area contributed by atoms with Crippen LogP contribution in [0, 0.1) is 11.2 Å². The van der Waals surface area contributed by atoms with Crippen molar-refractivity contribution in [3.63, 3.8) is 0 Å². The first kappa shape index (κ1) is 25.7. The van der Waals surface area contributed by atoms with Gasteiger partial charge in [0.25, 0.3) is 0 Å². The van der Waals surface area contributed by atoms with Crippen molar-refractivity contribution in [1.82, 2.24) is 14.8 Å². The summed E-state index contributed by atoms with van der Waals surface area (Å²) >= 11 is 0. The Morgan fingerprint density at radius 3 is 2.48 bits per heavy atom. The Morgan fingerprint density at radius 1 is 1.10 bits per heavy atom. The van der Waals surface area contributed by atoms with Crippen LogP contribution in [0.4, 0.5) is 23.4 Å². The second kappa shape index (κ2) is 8.47. The third kappa shape index (κ3) is 3.95. The summed E-state index contributed by atoms with van der Waals surface area (Å²) in [5.74, 6) is -2.74. The highest BCUT2D eigenvalue weighted by atomic mass is 19.4. The number of carbonyl (C=O) groups is 1. The molecule has 0 aliphatic heterocycles. The number of carboxylic acids is 1. The maximum Gasteiger partial charge on any atom is 0.435 e. The Morgan fingerprint density at radius 2 is 1.82 bits per heavy atom. The number of aromatic hydroxyl groups is 2. The maximum absolute atomic E-state index is 14.8. The molecule has 3 saturated carbocycles. The fourth-order valence-electron chi connectivity index (χ4n) is 5.61. The SMILES string of the molecule is C[C@H](Nc1nc(-n2nc(C(F)(F)F)c3cccc(OC45CC(C(=O)O)(C4)C5)c32)ccc1F)c1ccc(O)c(O)c1. The second-order valence-corrected chi connectivity index (χ2v) is 10.4. The van der Waals surface area contributed by atoms with Gasteiger partial charge in [-0.15, -0.1) is 0 Å². The normalized spacial score (nSPS) is 22.3. The summed E-state index contributed by atoms with van der Waals surface area (Å²) in [7, 11) is 0. The van der Waals surface area contributed by atoms with Crippen molar-refractivity contribution in [2.24, 2.45) is 5.41 Å². The number of carboxylic acid groups (broad SMARTS) is 1. The molecule has 2 aromatic heterocycles. The average Bonchev–Trinajstić information content (AvgIpc) is 3.24. The van der Waals surface area contributed by atoms with Gasteiger partial charge < -0.3 is 25.4 Å². The summed E-state index contributed by atoms with van der Waals surface area (Å²) in [6, 6.07) is 9.79. The molecule has 2 heterocycles. The highest BCUT2D eigenvalue weighted by molar-refractivity contribution is 5.89. The number of benzene rings is 2. The molecule has 7 rings (SSSR count). The van der Waals surface area contributed by atoms with Crippen LogP contribution in [0.5, 0.6) is 17.2 Å². The van der Waals surface area contributed by atoms with Crippen molar-refractivity contribution in [2.45, 2.75) is 44.0 Å². The van der Waals surface area contributed by atoms with Crippen molar-refractivity contribution in [1.29, 1.82) is 0 Å². The van der Waals surface area contributed by atoms with Crippen molar-refractivity contribution < 1.29 is 42.4 Å². The van der Waals surface area contributed by atoms with Crippen molar-refractivity contribution >= 4 is 22.7 Å². The lowest BCUT2D eigenvalue weighted by Gasteiger charge is -2.66. The van der Waals surface area contributed by atoms with E-state index in [1.54, 1.807) is 6.92 Å². The first-order chi connectivity index (χ1) is 18.8. The first-order valence-electron chi connectivity index (χ1n) is 12.3. The number of phenolic OH excluding ortho intramolecular Hbond substituents is 2. The van der Waals surface area contributed by atoms with Gasteiger partial charge in [-0.1, -0.05) is 18.2 Å². The van der Waals surface area contributed by atoms with Crippen molar-refractivity contribution in [2.75, 3.05) is 5.32 Å². The molecule has 3 aliphatic carbocycles. The van der Waals surface area contributed by atoms with Gasteiger partial charge in [0.05, 0.1) is 11.5 Å². The van der Waals surface area contributed by atoms with Crippen LogP contribution < -0.4 is 10.1 Å². The van der Waals surface area contributed by atoms with Crippen molar-refractivity contribution in [3.05, 3.63) is 65.6 Å². The van der Waals surface area contributed by atoms with Crippen LogP contribution >= 0.6 is 0 Å². The monoisotopic (exact) mass is 558 g/mol. The summed E-state index contributed by atoms with van der Waals surface area (Å²) in [5, 5.41) is 35.1. The Hall–Kier alpha value is -4.55. The zero-order chi connectivity index (χ0) is 28.6. The number of nitrogens with one attached hydrogen (secondary N) is 1. The third-order valence-corrected chi connectivity index (χ3v) is 7.60. The molecule has 0 saturated heterocycles. The molecule has 13 heteroatoms. The second-order valence-electron chi connectivity index (χ2n) is 10.4. The van der Waals surface area contributed by atoms with Crippen LogP contribution in [0.3, 0.4) is 0 Å². The van der Waals surface area contributed by atoms with Gasteiger partial charge >= 0.3 is 12.1 Å². The number of nitrogens with zero attached hydrogens (tertiary/aromatic N) is 3. The van der Waals surface area contributed by atoms with Crippen LogP contribution in [0.2, 0.25) is 0 Å². The van der Waals surface area contributed by atoms with E-state index in [-0.39, 0.29) is 59.0 Å². The molecular formula is C27H22F4N4O5. The molecule has 0 spiro atoms. The van der Waals surface area contributed by atoms with E-state index in [9.17, 15) is 37.7 Å². The molecule has 2 aromatic carbocycles. The molecule has 0 radical (unpaired) electrons. The fourth-order valence-corrected chi connectivity index (χ4v) is 5.61. The summed E-state index contributed by atoms with van der Waals surface area (Å²) in [6.07, 6.45) is -4.07. The lowest BCUT2D eigenvalue weighted by Crippen LogP contribution is -2.72. The maximum atomic E-state index is 14.8. The topological polar surface area (TPSA) is 130 Å². The highest BCUT2D eigenvalue weighted by Crippen LogP contribution is 2.69. The quantitative estimate of drug-likeness (QED) is 0.172. The number of pyridine rings is 1. The molecule has 3 aliphatic rings. The number of hydrogen-bond donors (Lipinski definition) is 4. The molecule has 4 aromatic rings. The number of aromatic nitrogens is 3. The van der Waals surface area contributed by atoms with Crippen LogP contribution in [0.1, 0.15) is 43.5 Å². The summed E-state index contributed by atoms with van der Waals surface area (Å²) < 4.78 is 63.8. The molecule has 0 amide bonds. The van der Waals surface area contributed by atoms with E-state index in [1.165, 1.54) is 42.5 Å². The number of hydrogen-bond acceptors (Lipinski definition) is 7. The minimum absolute atomic E-state index is 0.0366. The number of anilines is 1. The van der Waals surface area contributed by atoms with E-state index >= 15 is 0 Å². The van der Waals surface area contributed by atoms with Crippen LogP contribution in [-0.2, 0) is 11.0 Å². The van der Waals surface area contributed by atoms with E-state index in [4.69, 9.17) is 4.74 Å². The largest absolute Gasteiger partial charge is 0.504 e. The zero-order valence-electron chi connectivity index (χ0n) is 20.8. The Bertz CT molecular complexity index is 1670. The van der Waals surface area contributed by atoms with Gasteiger partial charge in [-0.25, -0.2) is 14.1 Å². The number of rotatable bonds is 7. The molecular weight excluding hydrogens is 536 g/mol. The lowest BCUT2D eigenvalue weighted by atomic mass is 9.41. The van der Waals surface area contributed by atoms with Gasteiger partial charge in [0, 0.05) is 24.6 Å². The molecule has 0 unspecified atom stereocenters. The Balaban J connectivity index is 1.40. The molecule has 4 N–H and O–H groups in total. The highest BCUT2D eigenvalue weighted by Gasteiger charge is 2.74. The molecule has 9 nitrogen and oxygen atoms in total. The van der Waals surface area contributed by atoms with E-state index < -0.39 is 40.7 Å². The molecule has 1 atom stereocenters. The van der Waals surface area contributed by atoms with Gasteiger partial charge in [-0.2, -0.15) is 18.3 Å². The molecule has 2 bridgehead atoms. The predicted octanol–water partition coefficient (Wildman–Crippen LogP) is 5.55. The van der Waals surface area contributed by atoms with Gasteiger partial charge in [-0.3, -0.25) is 4.79 Å². The van der Waals surface area contributed by atoms with Gasteiger partial charge in [0.2, 0.25) is 0 Å². The number of ether oxygens (including phenoxy) is 1. The van der Waals surface area contributed by atoms with E-state index in [0.717, 1.165) is 10.7 Å². The molecule has 40 heavy (non-hydrogen) atoms. The fraction of sp³-hybridized carbons (Fsp3) is 0.296. The minimum atomic E-state index is -4.82. The van der Waals surface area contributed by atoms with Crippen molar-refractivity contribution in [3.8, 4) is 23.1 Å². The minimum Gasteiger partial charge on any atom is -0.504 e. The third-order valence-electron chi connectivity index (χ3n) is 7.60. The van der Waals surface area contributed by atoms with Gasteiger partial charge in [0.15, 0.2) is 34.6 Å². The van der Waals surface area contributed by atoms with E-state index in [1.807, 2.05) is 0 Å². The summed E-state index contributed by atoms with van der Waals surface area (Å²) in [6.45, 7) is 1.64. The summed E-state index contributed by atoms with van der Waals surface area (Å²) in [4.78, 5) is 15.7. The Kier molecular flexibility index (Phi) is 5.45. The van der Waals surface area contributed by atoms with E-state index in [2.05, 4.69) is 15.4 Å². The van der Waals surface area contributed by atoms with Crippen LogP contribution in [0.15, 0.2) is 48.5 Å². The smallest absolute Gasteiger partial charge is 0.435 e. The zero-order valence-corrected chi connectivity index (χ0v) is 20.8. The number of aliphatic carboxylic acids is 1. The standard InChI is InChI=1S/C27H22F4N4O5/c1-13(14-5-7-17(36)18(37)9-14)32-23-16(28)6-8-20(33-23)35-21-15(22(34-35)27(29,30)31)3-2-4-19(21)40-26-10-25(11-26,12-26)24(38)39/h2-9,13,36-37H,10-12H2,1H3,(H,32,33)(H,38,39)/t13-,25?,26?/m0/s1. The van der Waals surface area contributed by atoms with Crippen LogP contribution in [0.25, 0.3) is 16.7 Å². The lowest BCUT2D eigenvalue weighted by molar-refractivity contribution is -0.247. The van der Waals surface area contributed by atoms with Crippen LogP contribution in [-0.4, -0.2) is 41.7 Å². The average molecular weight is 558 g/mol. The predicted molar refractivity (Wildman–Crippen MR) is 133 cm³/mol. The van der Waals surface area contributed by atoms with Gasteiger partial charge in [-0.05, 0) is 42.8 Å². The number of para-hydroxylation sites is 1. The molecule has 208 valence electrons. The molecule has 3 fully saturated rings. The van der Waals surface area contributed by atoms with Gasteiger partial charge in [0.1, 0.15) is 16.9 Å². The Labute approximate surface area is 223 Å². The van der Waals surface area contributed by atoms with E-state index in [0.29, 0.717) is 5.56 Å². The first-order valence-corrected chi connectivity index (χ1v) is 12.3.